The highest BCUT2D eigenvalue weighted by atomic mass is 16.5. The summed E-state index contributed by atoms with van der Waals surface area (Å²) >= 11 is 0. The van der Waals surface area contributed by atoms with Crippen LogP contribution in [0.5, 0.6) is 0 Å². The fourth-order valence-corrected chi connectivity index (χ4v) is 5.25. The second kappa shape index (κ2) is 11.2. The first-order valence-corrected chi connectivity index (χ1v) is 11.0. The quantitative estimate of drug-likeness (QED) is 0.333. The van der Waals surface area contributed by atoms with Gasteiger partial charge in [0.15, 0.2) is 0 Å². The lowest BCUT2D eigenvalue weighted by molar-refractivity contribution is -0.176. The minimum Gasteiger partial charge on any atom is -0.469 e. The lowest BCUT2D eigenvalue weighted by atomic mass is 9.50. The molecule has 0 saturated carbocycles. The summed E-state index contributed by atoms with van der Waals surface area (Å²) in [5.41, 5.74) is -1.42. The first kappa shape index (κ1) is 26.1. The Kier molecular flexibility index (Phi) is 10.9. The van der Waals surface area contributed by atoms with Crippen LogP contribution in [-0.2, 0) is 14.3 Å². The number of ketones is 1. The molecular formula is C24H46O3. The number of ether oxygens (including phenoxy) is 1. The third-order valence-electron chi connectivity index (χ3n) is 5.53. The van der Waals surface area contributed by atoms with Crippen molar-refractivity contribution in [2.45, 2.75) is 101 Å². The first-order valence-electron chi connectivity index (χ1n) is 11.0. The van der Waals surface area contributed by atoms with Gasteiger partial charge in [-0.1, -0.05) is 62.3 Å². The van der Waals surface area contributed by atoms with Crippen molar-refractivity contribution in [3.8, 4) is 0 Å². The molecule has 0 spiro atoms. The van der Waals surface area contributed by atoms with Crippen molar-refractivity contribution in [1.82, 2.24) is 0 Å². The SMILES string of the molecule is CCCC(=O)C(CC(C)C)(CC(C)C)C(CC(C)C)(CC(C)C)C(=O)OC. The Bertz CT molecular complexity index is 440. The van der Waals surface area contributed by atoms with Crippen LogP contribution >= 0.6 is 0 Å². The van der Waals surface area contributed by atoms with Crippen LogP contribution in [0.4, 0.5) is 0 Å². The van der Waals surface area contributed by atoms with E-state index < -0.39 is 10.8 Å². The molecule has 0 radical (unpaired) electrons. The molecule has 0 aliphatic heterocycles. The summed E-state index contributed by atoms with van der Waals surface area (Å²) in [6, 6.07) is 0. The van der Waals surface area contributed by atoms with Crippen LogP contribution in [0.1, 0.15) is 101 Å². The third-order valence-corrected chi connectivity index (χ3v) is 5.53. The van der Waals surface area contributed by atoms with Gasteiger partial charge in [-0.15, -0.1) is 0 Å². The van der Waals surface area contributed by atoms with E-state index >= 15 is 0 Å². The molecule has 0 aromatic carbocycles. The Hall–Kier alpha value is -0.860. The van der Waals surface area contributed by atoms with Crippen molar-refractivity contribution in [1.29, 1.82) is 0 Å². The molecule has 3 heteroatoms. The van der Waals surface area contributed by atoms with E-state index in [0.29, 0.717) is 42.9 Å². The summed E-state index contributed by atoms with van der Waals surface area (Å²) in [5.74, 6) is 1.39. The second-order valence-electron chi connectivity index (χ2n) is 10.2. The van der Waals surface area contributed by atoms with E-state index in [0.717, 1.165) is 19.3 Å². The Balaban J connectivity index is 6.91. The van der Waals surface area contributed by atoms with Gasteiger partial charge in [0.2, 0.25) is 0 Å². The van der Waals surface area contributed by atoms with E-state index in [-0.39, 0.29) is 11.8 Å². The summed E-state index contributed by atoms with van der Waals surface area (Å²) in [5, 5.41) is 0. The van der Waals surface area contributed by atoms with Gasteiger partial charge in [-0.3, -0.25) is 9.59 Å². The lowest BCUT2D eigenvalue weighted by Crippen LogP contribution is -2.55. The molecule has 0 unspecified atom stereocenters. The fraction of sp³-hybridized carbons (Fsp3) is 0.917. The van der Waals surface area contributed by atoms with E-state index in [9.17, 15) is 9.59 Å². The predicted octanol–water partition coefficient (Wildman–Crippen LogP) is 6.69. The number of carbonyl (C=O) groups is 2. The van der Waals surface area contributed by atoms with Crippen molar-refractivity contribution in [3.63, 3.8) is 0 Å². The molecule has 0 aliphatic carbocycles. The van der Waals surface area contributed by atoms with Gasteiger partial charge in [0.25, 0.3) is 0 Å². The number of Topliss-reactive ketones (excluding diaryl/α,β-unsaturated/α-hetero) is 1. The average molecular weight is 383 g/mol. The molecule has 0 fully saturated rings. The van der Waals surface area contributed by atoms with E-state index in [1.54, 1.807) is 0 Å². The van der Waals surface area contributed by atoms with Crippen LogP contribution in [0.2, 0.25) is 0 Å². The monoisotopic (exact) mass is 382 g/mol. The van der Waals surface area contributed by atoms with Crippen molar-refractivity contribution >= 4 is 11.8 Å². The number of methoxy groups -OCH3 is 1. The molecule has 0 bridgehead atoms. The topological polar surface area (TPSA) is 43.4 Å². The van der Waals surface area contributed by atoms with Gasteiger partial charge in [-0.05, 0) is 55.8 Å². The standard InChI is InChI=1S/C24H46O3/c1-11-12-21(25)23(13-17(2)3,14-18(4)5)24(15-19(6)7,16-20(8)9)22(26)27-10/h17-20H,11-16H2,1-10H3. The largest absolute Gasteiger partial charge is 0.469 e. The van der Waals surface area contributed by atoms with Gasteiger partial charge in [0, 0.05) is 11.8 Å². The zero-order valence-corrected chi connectivity index (χ0v) is 19.8. The van der Waals surface area contributed by atoms with Crippen LogP contribution in [0.25, 0.3) is 0 Å². The highest BCUT2D eigenvalue weighted by Crippen LogP contribution is 2.57. The Morgan fingerprint density at radius 1 is 0.704 bits per heavy atom. The van der Waals surface area contributed by atoms with Gasteiger partial charge in [0.1, 0.15) is 5.78 Å². The first-order chi connectivity index (χ1) is 12.4. The van der Waals surface area contributed by atoms with E-state index in [1.807, 2.05) is 0 Å². The predicted molar refractivity (Wildman–Crippen MR) is 115 cm³/mol. The minimum absolute atomic E-state index is 0.185. The Morgan fingerprint density at radius 2 is 1.04 bits per heavy atom. The molecule has 0 aromatic heterocycles. The van der Waals surface area contributed by atoms with Crippen molar-refractivity contribution in [2.75, 3.05) is 7.11 Å². The highest BCUT2D eigenvalue weighted by molar-refractivity contribution is 5.92. The van der Waals surface area contributed by atoms with Gasteiger partial charge in [0.05, 0.1) is 12.5 Å². The molecule has 0 atom stereocenters. The molecule has 160 valence electrons. The summed E-state index contributed by atoms with van der Waals surface area (Å²) in [6.45, 7) is 19.3. The smallest absolute Gasteiger partial charge is 0.312 e. The molecule has 0 saturated heterocycles. The van der Waals surface area contributed by atoms with Crippen LogP contribution in [0.3, 0.4) is 0 Å². The van der Waals surface area contributed by atoms with E-state index in [2.05, 4.69) is 62.3 Å². The van der Waals surface area contributed by atoms with Crippen molar-refractivity contribution < 1.29 is 14.3 Å². The molecule has 0 heterocycles. The molecular weight excluding hydrogens is 336 g/mol. The number of rotatable bonds is 13. The normalized spacial score (nSPS) is 13.1. The second-order valence-corrected chi connectivity index (χ2v) is 10.2. The molecule has 0 aliphatic rings. The molecule has 3 nitrogen and oxygen atoms in total. The molecule has 0 aromatic rings. The third kappa shape index (κ3) is 6.61. The van der Waals surface area contributed by atoms with Crippen LogP contribution < -0.4 is 0 Å². The maximum Gasteiger partial charge on any atom is 0.312 e. The number of hydrogen-bond acceptors (Lipinski definition) is 3. The van der Waals surface area contributed by atoms with Gasteiger partial charge in [-0.2, -0.15) is 0 Å². The maximum atomic E-state index is 13.8. The number of carbonyl (C=O) groups excluding carboxylic acids is 2. The molecule has 0 amide bonds. The van der Waals surface area contributed by atoms with E-state index in [4.69, 9.17) is 4.74 Å². The van der Waals surface area contributed by atoms with Crippen molar-refractivity contribution in [3.05, 3.63) is 0 Å². The zero-order valence-electron chi connectivity index (χ0n) is 19.8. The average Bonchev–Trinajstić information content (AvgIpc) is 2.50. The zero-order chi connectivity index (χ0) is 21.4. The summed E-state index contributed by atoms with van der Waals surface area (Å²) in [7, 11) is 1.48. The minimum atomic E-state index is -0.759. The molecule has 0 N–H and O–H groups in total. The number of hydrogen-bond donors (Lipinski definition) is 0. The molecule has 27 heavy (non-hydrogen) atoms. The lowest BCUT2D eigenvalue weighted by Gasteiger charge is -2.51. The Labute approximate surface area is 169 Å². The van der Waals surface area contributed by atoms with E-state index in [1.165, 1.54) is 7.11 Å². The Morgan fingerprint density at radius 3 is 1.30 bits per heavy atom. The van der Waals surface area contributed by atoms with Gasteiger partial charge >= 0.3 is 5.97 Å². The molecule has 0 rings (SSSR count). The van der Waals surface area contributed by atoms with Crippen LogP contribution in [-0.4, -0.2) is 18.9 Å². The van der Waals surface area contributed by atoms with Crippen LogP contribution in [0, 0.1) is 34.5 Å². The maximum absolute atomic E-state index is 13.8. The van der Waals surface area contributed by atoms with Crippen LogP contribution in [0.15, 0.2) is 0 Å². The summed E-state index contributed by atoms with van der Waals surface area (Å²) in [6.07, 6.45) is 4.25. The van der Waals surface area contributed by atoms with Gasteiger partial charge in [-0.25, -0.2) is 0 Å². The van der Waals surface area contributed by atoms with Gasteiger partial charge < -0.3 is 4.74 Å². The number of esters is 1. The highest BCUT2D eigenvalue weighted by Gasteiger charge is 2.60. The fourth-order valence-electron chi connectivity index (χ4n) is 5.25. The summed E-state index contributed by atoms with van der Waals surface area (Å²) < 4.78 is 5.42. The summed E-state index contributed by atoms with van der Waals surface area (Å²) in [4.78, 5) is 27.2. The van der Waals surface area contributed by atoms with Crippen molar-refractivity contribution in [2.24, 2.45) is 34.5 Å².